The minimum Gasteiger partial charge on any atom is -0.481 e. The monoisotopic (exact) mass is 293 g/mol. The molecule has 2 unspecified atom stereocenters. The molecule has 0 saturated heterocycles. The van der Waals surface area contributed by atoms with Crippen LogP contribution in [0.5, 0.6) is 0 Å². The molecule has 2 atom stereocenters. The first-order valence-electron chi connectivity index (χ1n) is 6.95. The predicted octanol–water partition coefficient (Wildman–Crippen LogP) is 2.84. The minimum atomic E-state index is -0.952. The van der Waals surface area contributed by atoms with Gasteiger partial charge in [0.2, 0.25) is 0 Å². The van der Waals surface area contributed by atoms with Crippen LogP contribution >= 0.6 is 0 Å². The fourth-order valence-corrected chi connectivity index (χ4v) is 1.85. The van der Waals surface area contributed by atoms with E-state index in [0.717, 1.165) is 5.56 Å². The molecule has 0 aliphatic heterocycles. The van der Waals surface area contributed by atoms with Gasteiger partial charge in [0.1, 0.15) is 5.60 Å². The molecular weight excluding hydrogens is 270 g/mol. The van der Waals surface area contributed by atoms with E-state index in [9.17, 15) is 14.7 Å². The molecule has 0 aliphatic carbocycles. The lowest BCUT2D eigenvalue weighted by Crippen LogP contribution is -2.45. The molecule has 1 amide bonds. The van der Waals surface area contributed by atoms with Crippen LogP contribution in [0.15, 0.2) is 30.3 Å². The SMILES string of the molecule is CC(C(=O)O)C(Cc1ccccc1)NC(=O)OC(C)(C)C. The van der Waals surface area contributed by atoms with Crippen LogP contribution in [0, 0.1) is 5.92 Å². The number of rotatable bonds is 5. The summed E-state index contributed by atoms with van der Waals surface area (Å²) in [6.07, 6.45) is -0.162. The van der Waals surface area contributed by atoms with E-state index in [1.54, 1.807) is 27.7 Å². The van der Waals surface area contributed by atoms with Crippen LogP contribution in [0.4, 0.5) is 4.79 Å². The fraction of sp³-hybridized carbons (Fsp3) is 0.500. The third-order valence-electron chi connectivity index (χ3n) is 2.99. The lowest BCUT2D eigenvalue weighted by molar-refractivity contribution is -0.142. The van der Waals surface area contributed by atoms with Gasteiger partial charge in [0.25, 0.3) is 0 Å². The summed E-state index contributed by atoms with van der Waals surface area (Å²) in [5, 5.41) is 11.8. The van der Waals surface area contributed by atoms with Crippen molar-refractivity contribution in [3.05, 3.63) is 35.9 Å². The second kappa shape index (κ2) is 7.11. The van der Waals surface area contributed by atoms with Crippen molar-refractivity contribution in [2.45, 2.75) is 45.8 Å². The molecule has 0 spiro atoms. The van der Waals surface area contributed by atoms with Gasteiger partial charge in [-0.25, -0.2) is 4.79 Å². The molecule has 116 valence electrons. The molecule has 1 aromatic carbocycles. The molecule has 0 radical (unpaired) electrons. The van der Waals surface area contributed by atoms with Gasteiger partial charge in [-0.05, 0) is 39.7 Å². The van der Waals surface area contributed by atoms with Crippen LogP contribution < -0.4 is 5.32 Å². The average Bonchev–Trinajstić information content (AvgIpc) is 2.36. The number of carboxylic acid groups (broad SMARTS) is 1. The quantitative estimate of drug-likeness (QED) is 0.875. The van der Waals surface area contributed by atoms with Crippen molar-refractivity contribution in [3.8, 4) is 0 Å². The van der Waals surface area contributed by atoms with Gasteiger partial charge in [-0.3, -0.25) is 4.79 Å². The molecule has 21 heavy (non-hydrogen) atoms. The molecule has 0 heterocycles. The zero-order valence-electron chi connectivity index (χ0n) is 12.9. The van der Waals surface area contributed by atoms with Crippen molar-refractivity contribution in [1.29, 1.82) is 0 Å². The van der Waals surface area contributed by atoms with E-state index in [0.29, 0.717) is 6.42 Å². The summed E-state index contributed by atoms with van der Waals surface area (Å²) in [6.45, 7) is 6.87. The number of aliphatic carboxylic acids is 1. The highest BCUT2D eigenvalue weighted by Gasteiger charge is 2.27. The summed E-state index contributed by atoms with van der Waals surface area (Å²) < 4.78 is 5.19. The van der Waals surface area contributed by atoms with Gasteiger partial charge < -0.3 is 15.2 Å². The predicted molar refractivity (Wildman–Crippen MR) is 80.1 cm³/mol. The summed E-state index contributed by atoms with van der Waals surface area (Å²) in [4.78, 5) is 23.1. The standard InChI is InChI=1S/C16H23NO4/c1-11(14(18)19)13(10-12-8-6-5-7-9-12)17-15(20)21-16(2,3)4/h5-9,11,13H,10H2,1-4H3,(H,17,20)(H,18,19). The van der Waals surface area contributed by atoms with Crippen LogP contribution in [0.1, 0.15) is 33.3 Å². The Morgan fingerprint density at radius 1 is 1.24 bits per heavy atom. The molecule has 0 bridgehead atoms. The first-order chi connectivity index (χ1) is 9.69. The number of ether oxygens (including phenoxy) is 1. The van der Waals surface area contributed by atoms with Crippen LogP contribution in [0.2, 0.25) is 0 Å². The van der Waals surface area contributed by atoms with Gasteiger partial charge >= 0.3 is 12.1 Å². The second-order valence-electron chi connectivity index (χ2n) is 6.07. The van der Waals surface area contributed by atoms with Gasteiger partial charge in [-0.15, -0.1) is 0 Å². The first kappa shape index (κ1) is 17.0. The highest BCUT2D eigenvalue weighted by atomic mass is 16.6. The van der Waals surface area contributed by atoms with E-state index in [4.69, 9.17) is 4.74 Å². The van der Waals surface area contributed by atoms with Gasteiger partial charge in [0, 0.05) is 6.04 Å². The Bertz CT molecular complexity index is 479. The Labute approximate surface area is 125 Å². The Morgan fingerprint density at radius 3 is 2.29 bits per heavy atom. The van der Waals surface area contributed by atoms with E-state index in [1.165, 1.54) is 0 Å². The van der Waals surface area contributed by atoms with Crippen molar-refractivity contribution in [2.75, 3.05) is 0 Å². The number of carboxylic acids is 1. The zero-order chi connectivity index (χ0) is 16.0. The number of carbonyl (C=O) groups excluding carboxylic acids is 1. The lowest BCUT2D eigenvalue weighted by atomic mass is 9.95. The summed E-state index contributed by atoms with van der Waals surface area (Å²) >= 11 is 0. The van der Waals surface area contributed by atoms with E-state index in [2.05, 4.69) is 5.32 Å². The van der Waals surface area contributed by atoms with Crippen molar-refractivity contribution in [2.24, 2.45) is 5.92 Å². The summed E-state index contributed by atoms with van der Waals surface area (Å²) in [6, 6.07) is 8.92. The lowest BCUT2D eigenvalue weighted by Gasteiger charge is -2.25. The van der Waals surface area contributed by atoms with Crippen molar-refractivity contribution in [1.82, 2.24) is 5.32 Å². The normalized spacial score (nSPS) is 14.1. The van der Waals surface area contributed by atoms with Crippen molar-refractivity contribution < 1.29 is 19.4 Å². The highest BCUT2D eigenvalue weighted by molar-refractivity contribution is 5.73. The number of benzene rings is 1. The number of nitrogens with one attached hydrogen (secondary N) is 1. The summed E-state index contributed by atoms with van der Waals surface area (Å²) in [5.74, 6) is -1.66. The van der Waals surface area contributed by atoms with Gasteiger partial charge in [0.05, 0.1) is 5.92 Å². The number of alkyl carbamates (subject to hydrolysis) is 1. The zero-order valence-corrected chi connectivity index (χ0v) is 12.9. The largest absolute Gasteiger partial charge is 0.481 e. The Hall–Kier alpha value is -2.04. The third kappa shape index (κ3) is 6.29. The number of carbonyl (C=O) groups is 2. The molecule has 0 fully saturated rings. The van der Waals surface area contributed by atoms with E-state index < -0.39 is 29.6 Å². The van der Waals surface area contributed by atoms with Crippen LogP contribution in [-0.2, 0) is 16.0 Å². The van der Waals surface area contributed by atoms with Crippen LogP contribution in [-0.4, -0.2) is 28.8 Å². The van der Waals surface area contributed by atoms with E-state index in [-0.39, 0.29) is 0 Å². The molecule has 5 nitrogen and oxygen atoms in total. The molecule has 5 heteroatoms. The topological polar surface area (TPSA) is 75.6 Å². The number of hydrogen-bond donors (Lipinski definition) is 2. The maximum atomic E-state index is 11.9. The average molecular weight is 293 g/mol. The summed E-state index contributed by atoms with van der Waals surface area (Å²) in [7, 11) is 0. The molecule has 0 aromatic heterocycles. The van der Waals surface area contributed by atoms with E-state index in [1.807, 2.05) is 30.3 Å². The van der Waals surface area contributed by atoms with Crippen LogP contribution in [0.25, 0.3) is 0 Å². The minimum absolute atomic E-state index is 0.438. The molecule has 0 aliphatic rings. The van der Waals surface area contributed by atoms with Gasteiger partial charge in [-0.2, -0.15) is 0 Å². The Kier molecular flexibility index (Phi) is 5.76. The Morgan fingerprint density at radius 2 is 1.81 bits per heavy atom. The molecular formula is C16H23NO4. The molecule has 0 saturated carbocycles. The van der Waals surface area contributed by atoms with Crippen LogP contribution in [0.3, 0.4) is 0 Å². The Balaban J connectivity index is 2.78. The fourth-order valence-electron chi connectivity index (χ4n) is 1.85. The van der Waals surface area contributed by atoms with Gasteiger partial charge in [-0.1, -0.05) is 30.3 Å². The molecule has 2 N–H and O–H groups in total. The maximum Gasteiger partial charge on any atom is 0.407 e. The highest BCUT2D eigenvalue weighted by Crippen LogP contribution is 2.13. The van der Waals surface area contributed by atoms with E-state index >= 15 is 0 Å². The second-order valence-corrected chi connectivity index (χ2v) is 6.07. The maximum absolute atomic E-state index is 11.9. The van der Waals surface area contributed by atoms with Gasteiger partial charge in [0.15, 0.2) is 0 Å². The molecule has 1 aromatic rings. The number of hydrogen-bond acceptors (Lipinski definition) is 3. The smallest absolute Gasteiger partial charge is 0.407 e. The first-order valence-corrected chi connectivity index (χ1v) is 6.95. The number of amides is 1. The van der Waals surface area contributed by atoms with Crippen molar-refractivity contribution >= 4 is 12.1 Å². The van der Waals surface area contributed by atoms with Crippen molar-refractivity contribution in [3.63, 3.8) is 0 Å². The summed E-state index contributed by atoms with van der Waals surface area (Å²) in [5.41, 5.74) is 0.347. The molecule has 1 rings (SSSR count). The third-order valence-corrected chi connectivity index (χ3v) is 2.99.